The van der Waals surface area contributed by atoms with Gasteiger partial charge in [0.2, 0.25) is 0 Å². The predicted molar refractivity (Wildman–Crippen MR) is 46.8 cm³/mol. The summed E-state index contributed by atoms with van der Waals surface area (Å²) in [5, 5.41) is 3.77. The van der Waals surface area contributed by atoms with Crippen molar-refractivity contribution in [1.82, 2.24) is 14.8 Å². The van der Waals surface area contributed by atoms with Gasteiger partial charge in [-0.15, -0.1) is 0 Å². The fraction of sp³-hybridized carbons (Fsp3) is 0.111. The van der Waals surface area contributed by atoms with Crippen molar-refractivity contribution in [2.24, 2.45) is 0 Å². The monoisotopic (exact) mass is 261 g/mol. The molecule has 0 spiro atoms. The van der Waals surface area contributed by atoms with E-state index < -0.39 is 6.61 Å². The molecule has 0 unspecified atom stereocenters. The van der Waals surface area contributed by atoms with Gasteiger partial charge >= 0.3 is 6.61 Å². The van der Waals surface area contributed by atoms with E-state index in [9.17, 15) is 8.78 Å². The van der Waals surface area contributed by atoms with E-state index in [-0.39, 0.29) is 24.3 Å². The van der Waals surface area contributed by atoms with Gasteiger partial charge in [0, 0.05) is 24.2 Å². The predicted octanol–water partition coefficient (Wildman–Crippen LogP) is 1.67. The standard InChI is InChI=1S/C9H6F2N3O.V/c10-9(11)15-8-3-1-7(2-4-8)14-6-12-5-13-14;/h1-4,6,9H;/q-1;. The Labute approximate surface area is 102 Å². The molecule has 0 aliphatic heterocycles. The van der Waals surface area contributed by atoms with Gasteiger partial charge in [-0.1, -0.05) is 0 Å². The van der Waals surface area contributed by atoms with Crippen molar-refractivity contribution in [2.75, 3.05) is 0 Å². The maximum atomic E-state index is 11.8. The maximum Gasteiger partial charge on any atom is 0.387 e. The SMILES string of the molecule is FC(F)Oc1ccc(-n2cn[c-]n2)cc1.[V]. The molecule has 16 heavy (non-hydrogen) atoms. The average molecular weight is 261 g/mol. The number of aromatic nitrogens is 3. The molecule has 83 valence electrons. The van der Waals surface area contributed by atoms with Crippen LogP contribution in [0.1, 0.15) is 0 Å². The molecule has 7 heteroatoms. The Kier molecular flexibility index (Phi) is 4.45. The second-order valence-corrected chi connectivity index (χ2v) is 2.66. The van der Waals surface area contributed by atoms with E-state index in [1.807, 2.05) is 0 Å². The number of halogens is 2. The van der Waals surface area contributed by atoms with Crippen molar-refractivity contribution in [3.05, 3.63) is 36.9 Å². The fourth-order valence-electron chi connectivity index (χ4n) is 1.09. The molecule has 2 rings (SSSR count). The van der Waals surface area contributed by atoms with Gasteiger partial charge in [0.15, 0.2) is 0 Å². The minimum atomic E-state index is -2.81. The van der Waals surface area contributed by atoms with Crippen molar-refractivity contribution < 1.29 is 32.1 Å². The number of alkyl halides is 2. The zero-order chi connectivity index (χ0) is 10.7. The Morgan fingerprint density at radius 2 is 1.94 bits per heavy atom. The van der Waals surface area contributed by atoms with Crippen LogP contribution < -0.4 is 4.74 Å². The molecule has 1 aromatic heterocycles. The van der Waals surface area contributed by atoms with E-state index in [1.165, 1.54) is 23.1 Å². The first-order chi connectivity index (χ1) is 7.25. The second-order valence-electron chi connectivity index (χ2n) is 2.66. The van der Waals surface area contributed by atoms with Gasteiger partial charge < -0.3 is 14.4 Å². The molecular formula is C9H6F2N3OV-. The summed E-state index contributed by atoms with van der Waals surface area (Å²) < 4.78 is 29.3. The minimum Gasteiger partial charge on any atom is -0.435 e. The van der Waals surface area contributed by atoms with Gasteiger partial charge in [0.05, 0.1) is 0 Å². The zero-order valence-electron chi connectivity index (χ0n) is 7.92. The van der Waals surface area contributed by atoms with Crippen molar-refractivity contribution in [3.8, 4) is 11.4 Å². The Morgan fingerprint density at radius 1 is 1.25 bits per heavy atom. The van der Waals surface area contributed by atoms with Gasteiger partial charge in [-0.25, -0.2) is 0 Å². The molecule has 0 bridgehead atoms. The van der Waals surface area contributed by atoms with Crippen molar-refractivity contribution in [2.45, 2.75) is 6.61 Å². The van der Waals surface area contributed by atoms with Crippen molar-refractivity contribution in [3.63, 3.8) is 0 Å². The normalized spacial score (nSPS) is 9.94. The van der Waals surface area contributed by atoms with E-state index >= 15 is 0 Å². The van der Waals surface area contributed by atoms with Crippen LogP contribution in [0, 0.1) is 6.33 Å². The molecule has 4 nitrogen and oxygen atoms in total. The van der Waals surface area contributed by atoms with Crippen LogP contribution in [0.25, 0.3) is 5.69 Å². The van der Waals surface area contributed by atoms with Crippen LogP contribution in [0.15, 0.2) is 30.6 Å². The molecule has 0 aliphatic rings. The van der Waals surface area contributed by atoms with Gasteiger partial charge in [0.25, 0.3) is 0 Å². The summed E-state index contributed by atoms with van der Waals surface area (Å²) in [6, 6.07) is 6.06. The van der Waals surface area contributed by atoms with Crippen LogP contribution in [0.5, 0.6) is 5.75 Å². The maximum absolute atomic E-state index is 11.8. The van der Waals surface area contributed by atoms with E-state index in [1.54, 1.807) is 12.1 Å². The number of ether oxygens (including phenoxy) is 1. The number of hydrogen-bond acceptors (Lipinski definition) is 3. The van der Waals surface area contributed by atoms with Crippen molar-refractivity contribution in [1.29, 1.82) is 0 Å². The third-order valence-electron chi connectivity index (χ3n) is 1.70. The van der Waals surface area contributed by atoms with E-state index in [2.05, 4.69) is 21.1 Å². The number of benzene rings is 1. The fourth-order valence-corrected chi connectivity index (χ4v) is 1.09. The smallest absolute Gasteiger partial charge is 0.387 e. The number of rotatable bonds is 3. The molecule has 0 saturated heterocycles. The molecule has 0 atom stereocenters. The van der Waals surface area contributed by atoms with Crippen LogP contribution in [-0.2, 0) is 18.6 Å². The third kappa shape index (κ3) is 3.05. The first-order valence-electron chi connectivity index (χ1n) is 4.08. The Hall–Kier alpha value is -1.40. The Balaban J connectivity index is 0.00000128. The molecule has 0 amide bonds. The number of hydrogen-bond donors (Lipinski definition) is 0. The van der Waals surface area contributed by atoms with Gasteiger partial charge in [-0.05, 0) is 36.9 Å². The van der Waals surface area contributed by atoms with Crippen LogP contribution in [0.4, 0.5) is 8.78 Å². The molecule has 0 aliphatic carbocycles. The third-order valence-corrected chi connectivity index (χ3v) is 1.70. The molecule has 2 aromatic rings. The van der Waals surface area contributed by atoms with Gasteiger partial charge in [-0.2, -0.15) is 8.78 Å². The summed E-state index contributed by atoms with van der Waals surface area (Å²) in [6.45, 7) is -2.81. The molecule has 1 radical (unpaired) electrons. The summed E-state index contributed by atoms with van der Waals surface area (Å²) in [5.74, 6) is 0.109. The summed E-state index contributed by atoms with van der Waals surface area (Å²) in [4.78, 5) is 3.64. The second kappa shape index (κ2) is 5.62. The largest absolute Gasteiger partial charge is 0.435 e. The van der Waals surface area contributed by atoms with Crippen LogP contribution in [0.2, 0.25) is 0 Å². The summed E-state index contributed by atoms with van der Waals surface area (Å²) in [7, 11) is 0. The first-order valence-corrected chi connectivity index (χ1v) is 4.08. The molecule has 0 fully saturated rings. The molecule has 1 heterocycles. The van der Waals surface area contributed by atoms with Crippen LogP contribution in [-0.4, -0.2) is 21.4 Å². The summed E-state index contributed by atoms with van der Waals surface area (Å²) in [6.07, 6.45) is 3.85. The Bertz CT molecular complexity index is 419. The van der Waals surface area contributed by atoms with Crippen LogP contribution in [0.3, 0.4) is 0 Å². The topological polar surface area (TPSA) is 39.9 Å². The zero-order valence-corrected chi connectivity index (χ0v) is 9.31. The summed E-state index contributed by atoms with van der Waals surface area (Å²) in [5.41, 5.74) is 0.699. The van der Waals surface area contributed by atoms with Gasteiger partial charge in [-0.3, -0.25) is 5.10 Å². The molecular weight excluding hydrogens is 255 g/mol. The van der Waals surface area contributed by atoms with E-state index in [0.29, 0.717) is 5.69 Å². The van der Waals surface area contributed by atoms with Gasteiger partial charge in [0.1, 0.15) is 5.75 Å². The molecule has 0 saturated carbocycles. The minimum absolute atomic E-state index is 0. The quantitative estimate of drug-likeness (QED) is 0.789. The molecule has 0 N–H and O–H groups in total. The Morgan fingerprint density at radius 3 is 2.44 bits per heavy atom. The molecule has 1 aromatic carbocycles. The van der Waals surface area contributed by atoms with E-state index in [0.717, 1.165) is 0 Å². The number of nitrogens with zero attached hydrogens (tertiary/aromatic N) is 3. The average Bonchev–Trinajstić information content (AvgIpc) is 2.71. The van der Waals surface area contributed by atoms with E-state index in [4.69, 9.17) is 0 Å². The summed E-state index contributed by atoms with van der Waals surface area (Å²) >= 11 is 0. The van der Waals surface area contributed by atoms with Crippen LogP contribution >= 0.6 is 0 Å². The van der Waals surface area contributed by atoms with Crippen molar-refractivity contribution >= 4 is 0 Å². The first kappa shape index (κ1) is 12.7.